The van der Waals surface area contributed by atoms with E-state index in [0.29, 0.717) is 18.7 Å². The first-order valence-corrected chi connectivity index (χ1v) is 9.53. The SMILES string of the molecule is COc1ccc(Cn2c(NCc3ccc(C(=O)NO)cc3)nc3ccccc32)cc1. The second-order valence-electron chi connectivity index (χ2n) is 6.85. The molecule has 0 unspecified atom stereocenters. The van der Waals surface area contributed by atoms with Gasteiger partial charge in [-0.15, -0.1) is 0 Å². The maximum absolute atomic E-state index is 11.5. The Morgan fingerprint density at radius 3 is 2.40 bits per heavy atom. The molecule has 0 saturated heterocycles. The molecule has 0 saturated carbocycles. The maximum atomic E-state index is 11.5. The minimum atomic E-state index is -0.532. The lowest BCUT2D eigenvalue weighted by Crippen LogP contribution is -2.18. The molecule has 0 spiro atoms. The first-order chi connectivity index (χ1) is 14.7. The second-order valence-corrected chi connectivity index (χ2v) is 6.85. The Morgan fingerprint density at radius 1 is 1.00 bits per heavy atom. The molecule has 3 aromatic carbocycles. The Labute approximate surface area is 173 Å². The van der Waals surface area contributed by atoms with Crippen LogP contribution in [0.5, 0.6) is 5.75 Å². The molecule has 7 nitrogen and oxygen atoms in total. The largest absolute Gasteiger partial charge is 0.497 e. The van der Waals surface area contributed by atoms with Gasteiger partial charge in [0.15, 0.2) is 0 Å². The van der Waals surface area contributed by atoms with E-state index < -0.39 is 5.91 Å². The second kappa shape index (κ2) is 8.67. The first-order valence-electron chi connectivity index (χ1n) is 9.53. The zero-order valence-corrected chi connectivity index (χ0v) is 16.5. The fourth-order valence-electron chi connectivity index (χ4n) is 3.30. The lowest BCUT2D eigenvalue weighted by molar-refractivity contribution is 0.0706. The number of hydroxylamine groups is 1. The van der Waals surface area contributed by atoms with Gasteiger partial charge in [-0.25, -0.2) is 10.5 Å². The number of aromatic nitrogens is 2. The molecule has 0 radical (unpaired) electrons. The van der Waals surface area contributed by atoms with E-state index in [0.717, 1.165) is 33.9 Å². The molecule has 152 valence electrons. The van der Waals surface area contributed by atoms with Gasteiger partial charge in [0.2, 0.25) is 5.95 Å². The predicted molar refractivity (Wildman–Crippen MR) is 115 cm³/mol. The first kappa shape index (κ1) is 19.5. The standard InChI is InChI=1S/C23H22N4O3/c1-30-19-12-8-17(9-13-19)15-27-21-5-3-2-4-20(21)25-23(27)24-14-16-6-10-18(11-7-16)22(28)26-29/h2-13,29H,14-15H2,1H3,(H,24,25)(H,26,28). The molecule has 0 fully saturated rings. The number of benzene rings is 3. The highest BCUT2D eigenvalue weighted by atomic mass is 16.5. The number of nitrogens with one attached hydrogen (secondary N) is 2. The number of anilines is 1. The highest BCUT2D eigenvalue weighted by molar-refractivity contribution is 5.93. The van der Waals surface area contributed by atoms with Gasteiger partial charge in [-0.3, -0.25) is 10.0 Å². The summed E-state index contributed by atoms with van der Waals surface area (Å²) in [7, 11) is 1.66. The number of amides is 1. The number of carbonyl (C=O) groups is 1. The molecule has 0 aliphatic heterocycles. The van der Waals surface area contributed by atoms with Gasteiger partial charge < -0.3 is 14.6 Å². The summed E-state index contributed by atoms with van der Waals surface area (Å²) in [6, 6.07) is 23.0. The Balaban J connectivity index is 1.57. The van der Waals surface area contributed by atoms with E-state index in [4.69, 9.17) is 14.9 Å². The minimum absolute atomic E-state index is 0.396. The van der Waals surface area contributed by atoms with Gasteiger partial charge in [-0.1, -0.05) is 36.4 Å². The normalized spacial score (nSPS) is 10.7. The topological polar surface area (TPSA) is 88.4 Å². The molecule has 4 aromatic rings. The van der Waals surface area contributed by atoms with E-state index in [2.05, 4.69) is 16.0 Å². The maximum Gasteiger partial charge on any atom is 0.274 e. The van der Waals surface area contributed by atoms with Crippen molar-refractivity contribution >= 4 is 22.9 Å². The molecule has 1 heterocycles. The van der Waals surface area contributed by atoms with Gasteiger partial charge in [0.1, 0.15) is 5.75 Å². The summed E-state index contributed by atoms with van der Waals surface area (Å²) in [6.07, 6.45) is 0. The molecule has 3 N–H and O–H groups in total. The van der Waals surface area contributed by atoms with Crippen molar-refractivity contribution in [1.82, 2.24) is 15.0 Å². The molecular weight excluding hydrogens is 380 g/mol. The molecular formula is C23H22N4O3. The van der Waals surface area contributed by atoms with Crippen molar-refractivity contribution in [3.05, 3.63) is 89.5 Å². The molecule has 1 aromatic heterocycles. The van der Waals surface area contributed by atoms with E-state index in [-0.39, 0.29) is 0 Å². The van der Waals surface area contributed by atoms with Crippen LogP contribution in [0.25, 0.3) is 11.0 Å². The van der Waals surface area contributed by atoms with Gasteiger partial charge >= 0.3 is 0 Å². The molecule has 0 bridgehead atoms. The summed E-state index contributed by atoms with van der Waals surface area (Å²) in [5, 5.41) is 12.1. The monoisotopic (exact) mass is 402 g/mol. The molecule has 0 atom stereocenters. The van der Waals surface area contributed by atoms with Gasteiger partial charge in [0.25, 0.3) is 5.91 Å². The number of hydrogen-bond acceptors (Lipinski definition) is 5. The highest BCUT2D eigenvalue weighted by Crippen LogP contribution is 2.22. The van der Waals surface area contributed by atoms with Crippen molar-refractivity contribution in [3.63, 3.8) is 0 Å². The van der Waals surface area contributed by atoms with Crippen molar-refractivity contribution in [2.75, 3.05) is 12.4 Å². The summed E-state index contributed by atoms with van der Waals surface area (Å²) in [5.74, 6) is 1.06. The average Bonchev–Trinajstić information content (AvgIpc) is 3.15. The summed E-state index contributed by atoms with van der Waals surface area (Å²) in [4.78, 5) is 16.2. The third-order valence-electron chi connectivity index (χ3n) is 4.92. The van der Waals surface area contributed by atoms with E-state index >= 15 is 0 Å². The van der Waals surface area contributed by atoms with Gasteiger partial charge in [-0.2, -0.15) is 0 Å². The number of fused-ring (bicyclic) bond motifs is 1. The molecule has 0 aliphatic rings. The van der Waals surface area contributed by atoms with Crippen LogP contribution in [0.1, 0.15) is 21.5 Å². The van der Waals surface area contributed by atoms with Crippen molar-refractivity contribution in [1.29, 1.82) is 0 Å². The summed E-state index contributed by atoms with van der Waals surface area (Å²) < 4.78 is 7.39. The van der Waals surface area contributed by atoms with Crippen molar-refractivity contribution in [2.24, 2.45) is 0 Å². The quantitative estimate of drug-likeness (QED) is 0.323. The number of methoxy groups -OCH3 is 1. The third kappa shape index (κ3) is 4.11. The van der Waals surface area contributed by atoms with Crippen LogP contribution in [0.3, 0.4) is 0 Å². The molecule has 4 rings (SSSR count). The smallest absolute Gasteiger partial charge is 0.274 e. The minimum Gasteiger partial charge on any atom is -0.497 e. The number of hydrogen-bond donors (Lipinski definition) is 3. The molecule has 1 amide bonds. The van der Waals surface area contributed by atoms with Gasteiger partial charge in [-0.05, 0) is 47.5 Å². The van der Waals surface area contributed by atoms with Crippen LogP contribution >= 0.6 is 0 Å². The predicted octanol–water partition coefficient (Wildman–Crippen LogP) is 3.82. The summed E-state index contributed by atoms with van der Waals surface area (Å²) >= 11 is 0. The van der Waals surface area contributed by atoms with Crippen molar-refractivity contribution in [3.8, 4) is 5.75 Å². The average molecular weight is 402 g/mol. The number of para-hydroxylation sites is 2. The van der Waals surface area contributed by atoms with Gasteiger partial charge in [0, 0.05) is 12.1 Å². The van der Waals surface area contributed by atoms with Crippen molar-refractivity contribution < 1.29 is 14.7 Å². The van der Waals surface area contributed by atoms with Crippen LogP contribution in [0.15, 0.2) is 72.8 Å². The Hall–Kier alpha value is -3.84. The van der Waals surface area contributed by atoms with E-state index in [1.54, 1.807) is 24.7 Å². The van der Waals surface area contributed by atoms with Crippen LogP contribution in [-0.2, 0) is 13.1 Å². The fourth-order valence-corrected chi connectivity index (χ4v) is 3.30. The third-order valence-corrected chi connectivity index (χ3v) is 4.92. The Bertz CT molecular complexity index is 1150. The zero-order valence-electron chi connectivity index (χ0n) is 16.5. The van der Waals surface area contributed by atoms with E-state index in [1.165, 1.54) is 0 Å². The fraction of sp³-hybridized carbons (Fsp3) is 0.130. The lowest BCUT2D eigenvalue weighted by Gasteiger charge is -2.12. The zero-order chi connectivity index (χ0) is 20.9. The summed E-state index contributed by atoms with van der Waals surface area (Å²) in [5.41, 5.74) is 6.13. The van der Waals surface area contributed by atoms with Crippen LogP contribution in [0, 0.1) is 0 Å². The molecule has 7 heteroatoms. The van der Waals surface area contributed by atoms with Gasteiger partial charge in [0.05, 0.1) is 24.7 Å². The number of nitrogens with zero attached hydrogens (tertiary/aromatic N) is 2. The Kier molecular flexibility index (Phi) is 5.63. The number of ether oxygens (including phenoxy) is 1. The molecule has 30 heavy (non-hydrogen) atoms. The van der Waals surface area contributed by atoms with Crippen LogP contribution in [0.4, 0.5) is 5.95 Å². The number of carbonyl (C=O) groups excluding carboxylic acids is 1. The van der Waals surface area contributed by atoms with Crippen molar-refractivity contribution in [2.45, 2.75) is 13.1 Å². The summed E-state index contributed by atoms with van der Waals surface area (Å²) in [6.45, 7) is 1.22. The number of imidazole rings is 1. The van der Waals surface area contributed by atoms with E-state index in [1.807, 2.05) is 54.6 Å². The van der Waals surface area contributed by atoms with Crippen LogP contribution < -0.4 is 15.5 Å². The molecule has 0 aliphatic carbocycles. The van der Waals surface area contributed by atoms with E-state index in [9.17, 15) is 4.79 Å². The highest BCUT2D eigenvalue weighted by Gasteiger charge is 2.11. The van der Waals surface area contributed by atoms with Crippen LogP contribution in [0.2, 0.25) is 0 Å². The van der Waals surface area contributed by atoms with Crippen LogP contribution in [-0.4, -0.2) is 27.8 Å². The lowest BCUT2D eigenvalue weighted by atomic mass is 10.1. The Morgan fingerprint density at radius 2 is 1.70 bits per heavy atom. The number of rotatable bonds is 7.